The highest BCUT2D eigenvalue weighted by Gasteiger charge is 2.17. The molecule has 0 saturated heterocycles. The highest BCUT2D eigenvalue weighted by molar-refractivity contribution is 7.14. The number of benzene rings is 1. The summed E-state index contributed by atoms with van der Waals surface area (Å²) in [6.07, 6.45) is 0. The van der Waals surface area contributed by atoms with Crippen LogP contribution >= 0.6 is 11.3 Å². The molecule has 0 aliphatic carbocycles. The topological polar surface area (TPSA) is 51.2 Å². The van der Waals surface area contributed by atoms with E-state index in [9.17, 15) is 4.79 Å². The quantitative estimate of drug-likeness (QED) is 0.849. The fraction of sp³-hybridized carbons (Fsp3) is 0.167. The van der Waals surface area contributed by atoms with Crippen molar-refractivity contribution in [3.63, 3.8) is 0 Å². The monoisotopic (exact) mass is 248 g/mol. The number of rotatable bonds is 3. The van der Waals surface area contributed by atoms with Gasteiger partial charge in [-0.1, -0.05) is 30.3 Å². The van der Waals surface area contributed by atoms with Crippen LogP contribution in [0.5, 0.6) is 0 Å². The van der Waals surface area contributed by atoms with Gasteiger partial charge in [0.25, 0.3) is 5.91 Å². The fourth-order valence-corrected chi connectivity index (χ4v) is 2.34. The van der Waals surface area contributed by atoms with Crippen LogP contribution in [0, 0.1) is 6.92 Å². The maximum atomic E-state index is 11.8. The van der Waals surface area contributed by atoms with Crippen molar-refractivity contribution < 1.29 is 9.63 Å². The number of amides is 1. The minimum atomic E-state index is -0.267. The van der Waals surface area contributed by atoms with Crippen molar-refractivity contribution in [2.45, 2.75) is 6.92 Å². The third-order valence-electron chi connectivity index (χ3n) is 2.18. The molecule has 1 heterocycles. The van der Waals surface area contributed by atoms with Gasteiger partial charge in [0.05, 0.1) is 17.8 Å². The lowest BCUT2D eigenvalue weighted by molar-refractivity contribution is 0.0542. The second-order valence-electron chi connectivity index (χ2n) is 3.41. The van der Waals surface area contributed by atoms with Gasteiger partial charge in [-0.2, -0.15) is 0 Å². The number of hydroxylamine groups is 1. The minimum Gasteiger partial charge on any atom is -0.277 e. The highest BCUT2D eigenvalue weighted by Crippen LogP contribution is 2.27. The number of carbonyl (C=O) groups excluding carboxylic acids is 1. The first-order valence-corrected chi connectivity index (χ1v) is 5.90. The number of carbonyl (C=O) groups is 1. The van der Waals surface area contributed by atoms with E-state index in [0.717, 1.165) is 10.6 Å². The second-order valence-corrected chi connectivity index (χ2v) is 4.62. The van der Waals surface area contributed by atoms with Gasteiger partial charge in [0.1, 0.15) is 4.88 Å². The van der Waals surface area contributed by atoms with E-state index in [1.165, 1.54) is 18.4 Å². The number of hydrogen-bond acceptors (Lipinski definition) is 4. The van der Waals surface area contributed by atoms with E-state index in [1.807, 2.05) is 37.3 Å². The van der Waals surface area contributed by atoms with Crippen LogP contribution in [0.25, 0.3) is 11.3 Å². The fourth-order valence-electron chi connectivity index (χ4n) is 1.51. The average molecular weight is 248 g/mol. The molecule has 1 amide bonds. The number of thiazole rings is 1. The smallest absolute Gasteiger partial charge is 0.277 e. The number of nitrogens with one attached hydrogen (secondary N) is 1. The Morgan fingerprint density at radius 1 is 1.35 bits per heavy atom. The molecule has 1 N–H and O–H groups in total. The normalized spacial score (nSPS) is 10.2. The van der Waals surface area contributed by atoms with Gasteiger partial charge in [-0.25, -0.2) is 10.5 Å². The van der Waals surface area contributed by atoms with Gasteiger partial charge in [0, 0.05) is 5.56 Å². The summed E-state index contributed by atoms with van der Waals surface area (Å²) in [6.45, 7) is 1.88. The van der Waals surface area contributed by atoms with Crippen molar-refractivity contribution in [1.29, 1.82) is 0 Å². The Morgan fingerprint density at radius 3 is 2.71 bits per heavy atom. The lowest BCUT2D eigenvalue weighted by atomic mass is 10.1. The summed E-state index contributed by atoms with van der Waals surface area (Å²) in [5, 5.41) is 0.852. The summed E-state index contributed by atoms with van der Waals surface area (Å²) in [5.74, 6) is -0.267. The zero-order valence-electron chi connectivity index (χ0n) is 9.56. The van der Waals surface area contributed by atoms with Gasteiger partial charge in [0.2, 0.25) is 0 Å². The van der Waals surface area contributed by atoms with Crippen molar-refractivity contribution in [3.05, 3.63) is 40.2 Å². The summed E-state index contributed by atoms with van der Waals surface area (Å²) in [5.41, 5.74) is 3.94. The van der Waals surface area contributed by atoms with E-state index in [-0.39, 0.29) is 5.91 Å². The molecule has 17 heavy (non-hydrogen) atoms. The molecule has 1 aromatic carbocycles. The number of aryl methyl sites for hydroxylation is 1. The minimum absolute atomic E-state index is 0.267. The number of aromatic nitrogens is 1. The predicted octanol–water partition coefficient (Wildman–Crippen LogP) is 2.41. The molecule has 5 heteroatoms. The summed E-state index contributed by atoms with van der Waals surface area (Å²) < 4.78 is 0. The molecule has 0 atom stereocenters. The van der Waals surface area contributed by atoms with Crippen LogP contribution in [-0.4, -0.2) is 18.0 Å². The van der Waals surface area contributed by atoms with Crippen LogP contribution in [0.4, 0.5) is 0 Å². The zero-order valence-corrected chi connectivity index (χ0v) is 10.4. The van der Waals surface area contributed by atoms with Gasteiger partial charge in [-0.15, -0.1) is 11.3 Å². The second kappa shape index (κ2) is 5.07. The Kier molecular flexibility index (Phi) is 3.51. The molecular weight excluding hydrogens is 236 g/mol. The summed E-state index contributed by atoms with van der Waals surface area (Å²) in [4.78, 5) is 21.4. The standard InChI is InChI=1S/C12H12N2O2S/c1-8-13-10(9-6-4-3-5-7-9)11(17-8)12(15)14-16-2/h3-7H,1-2H3,(H,14,15). The SMILES string of the molecule is CONC(=O)c1sc(C)nc1-c1ccccc1. The first-order valence-electron chi connectivity index (χ1n) is 5.08. The highest BCUT2D eigenvalue weighted by atomic mass is 32.1. The van der Waals surface area contributed by atoms with E-state index >= 15 is 0 Å². The van der Waals surface area contributed by atoms with Crippen LogP contribution < -0.4 is 5.48 Å². The van der Waals surface area contributed by atoms with E-state index in [2.05, 4.69) is 15.3 Å². The molecule has 0 spiro atoms. The van der Waals surface area contributed by atoms with Crippen molar-refractivity contribution in [1.82, 2.24) is 10.5 Å². The Balaban J connectivity index is 2.44. The molecule has 88 valence electrons. The van der Waals surface area contributed by atoms with Gasteiger partial charge >= 0.3 is 0 Å². The molecule has 0 radical (unpaired) electrons. The molecule has 0 unspecified atom stereocenters. The van der Waals surface area contributed by atoms with Crippen LogP contribution in [0.15, 0.2) is 30.3 Å². The molecule has 2 aromatic rings. The maximum absolute atomic E-state index is 11.8. The average Bonchev–Trinajstić information content (AvgIpc) is 2.73. The molecule has 4 nitrogen and oxygen atoms in total. The van der Waals surface area contributed by atoms with Crippen molar-refractivity contribution in [3.8, 4) is 11.3 Å². The van der Waals surface area contributed by atoms with Crippen LogP contribution in [-0.2, 0) is 4.84 Å². The largest absolute Gasteiger partial charge is 0.287 e. The molecule has 2 rings (SSSR count). The molecule has 0 aliphatic rings. The third-order valence-corrected chi connectivity index (χ3v) is 3.15. The molecular formula is C12H12N2O2S. The van der Waals surface area contributed by atoms with E-state index in [0.29, 0.717) is 10.6 Å². The molecule has 1 aromatic heterocycles. The van der Waals surface area contributed by atoms with Gasteiger partial charge in [-0.05, 0) is 6.92 Å². The molecule has 0 saturated carbocycles. The molecule has 0 fully saturated rings. The van der Waals surface area contributed by atoms with Gasteiger partial charge in [0.15, 0.2) is 0 Å². The van der Waals surface area contributed by atoms with Crippen LogP contribution in [0.3, 0.4) is 0 Å². The molecule has 0 aliphatic heterocycles. The summed E-state index contributed by atoms with van der Waals surface area (Å²) in [7, 11) is 1.41. The molecule has 0 bridgehead atoms. The summed E-state index contributed by atoms with van der Waals surface area (Å²) in [6, 6.07) is 9.62. The third kappa shape index (κ3) is 2.51. The Bertz CT molecular complexity index is 523. The van der Waals surface area contributed by atoms with Crippen LogP contribution in [0.1, 0.15) is 14.7 Å². The number of nitrogens with zero attached hydrogens (tertiary/aromatic N) is 1. The lowest BCUT2D eigenvalue weighted by Crippen LogP contribution is -2.21. The first kappa shape index (κ1) is 11.8. The predicted molar refractivity (Wildman–Crippen MR) is 66.8 cm³/mol. The first-order chi connectivity index (χ1) is 8.22. The van der Waals surface area contributed by atoms with Crippen molar-refractivity contribution >= 4 is 17.2 Å². The summed E-state index contributed by atoms with van der Waals surface area (Å²) >= 11 is 1.35. The lowest BCUT2D eigenvalue weighted by Gasteiger charge is -2.02. The van der Waals surface area contributed by atoms with E-state index < -0.39 is 0 Å². The van der Waals surface area contributed by atoms with Crippen molar-refractivity contribution in [2.75, 3.05) is 7.11 Å². The zero-order chi connectivity index (χ0) is 12.3. The number of hydrogen-bond donors (Lipinski definition) is 1. The Hall–Kier alpha value is -1.72. The van der Waals surface area contributed by atoms with Crippen molar-refractivity contribution in [2.24, 2.45) is 0 Å². The van der Waals surface area contributed by atoms with E-state index in [1.54, 1.807) is 0 Å². The maximum Gasteiger partial charge on any atom is 0.287 e. The Morgan fingerprint density at radius 2 is 2.06 bits per heavy atom. The van der Waals surface area contributed by atoms with Gasteiger partial charge < -0.3 is 0 Å². The Labute approximate surface area is 103 Å². The van der Waals surface area contributed by atoms with E-state index in [4.69, 9.17) is 0 Å². The van der Waals surface area contributed by atoms with Gasteiger partial charge in [-0.3, -0.25) is 9.63 Å². The van der Waals surface area contributed by atoms with Crippen LogP contribution in [0.2, 0.25) is 0 Å².